The van der Waals surface area contributed by atoms with E-state index in [0.717, 1.165) is 46.8 Å². The van der Waals surface area contributed by atoms with Crippen LogP contribution in [0, 0.1) is 0 Å². The first kappa shape index (κ1) is 13.1. The van der Waals surface area contributed by atoms with Gasteiger partial charge in [0.2, 0.25) is 0 Å². The number of hydrogen-bond donors (Lipinski definition) is 2. The number of hydrogen-bond acceptors (Lipinski definition) is 5. The molecular formula is C13H19N3OS. The molecule has 3 N–H and O–H groups in total. The average molecular weight is 265 g/mol. The number of aliphatic hydroxyl groups is 1. The van der Waals surface area contributed by atoms with Crippen molar-refractivity contribution in [2.75, 3.05) is 30.8 Å². The van der Waals surface area contributed by atoms with Crippen molar-refractivity contribution >= 4 is 32.4 Å². The van der Waals surface area contributed by atoms with Crippen LogP contribution in [0.5, 0.6) is 0 Å². The van der Waals surface area contributed by atoms with Crippen molar-refractivity contribution in [1.29, 1.82) is 0 Å². The molecule has 0 saturated carbocycles. The molecule has 0 radical (unpaired) electrons. The summed E-state index contributed by atoms with van der Waals surface area (Å²) in [5.41, 5.74) is 7.55. The second kappa shape index (κ2) is 6.02. The van der Waals surface area contributed by atoms with Gasteiger partial charge >= 0.3 is 0 Å². The lowest BCUT2D eigenvalue weighted by molar-refractivity contribution is 0.283. The van der Waals surface area contributed by atoms with Gasteiger partial charge in [0.1, 0.15) is 0 Å². The Bertz CT molecular complexity index is 512. The van der Waals surface area contributed by atoms with E-state index < -0.39 is 0 Å². The van der Waals surface area contributed by atoms with Crippen LogP contribution in [-0.4, -0.2) is 30.3 Å². The first-order valence-electron chi connectivity index (χ1n) is 6.19. The van der Waals surface area contributed by atoms with E-state index in [-0.39, 0.29) is 6.61 Å². The Balaban J connectivity index is 2.01. The van der Waals surface area contributed by atoms with E-state index in [4.69, 9.17) is 10.8 Å². The fourth-order valence-corrected chi connectivity index (χ4v) is 2.83. The third-order valence-corrected chi connectivity index (χ3v) is 4.01. The molecule has 0 bridgehead atoms. The molecule has 0 aliphatic heterocycles. The smallest absolute Gasteiger partial charge is 0.186 e. The highest BCUT2D eigenvalue weighted by Crippen LogP contribution is 2.29. The highest BCUT2D eigenvalue weighted by molar-refractivity contribution is 7.22. The molecular weight excluding hydrogens is 246 g/mol. The van der Waals surface area contributed by atoms with Crippen molar-refractivity contribution in [1.82, 2.24) is 4.98 Å². The van der Waals surface area contributed by atoms with Crippen molar-refractivity contribution in [3.05, 3.63) is 18.2 Å². The zero-order valence-electron chi connectivity index (χ0n) is 10.6. The molecule has 4 nitrogen and oxygen atoms in total. The summed E-state index contributed by atoms with van der Waals surface area (Å²) >= 11 is 1.67. The van der Waals surface area contributed by atoms with E-state index in [0.29, 0.717) is 0 Å². The van der Waals surface area contributed by atoms with E-state index in [1.54, 1.807) is 11.3 Å². The molecule has 2 rings (SSSR count). The molecule has 2 aromatic rings. The van der Waals surface area contributed by atoms with Crippen LogP contribution in [0.15, 0.2) is 18.2 Å². The number of rotatable bonds is 6. The van der Waals surface area contributed by atoms with E-state index >= 15 is 0 Å². The second-order valence-corrected chi connectivity index (χ2v) is 5.44. The minimum Gasteiger partial charge on any atom is -0.399 e. The number of unbranched alkanes of at least 4 members (excludes halogenated alkanes) is 2. The predicted octanol–water partition coefficient (Wildman–Crippen LogP) is 2.48. The SMILES string of the molecule is CN(CCCCCO)c1nc2ccc(N)cc2s1. The number of nitrogen functional groups attached to an aromatic ring is 1. The summed E-state index contributed by atoms with van der Waals surface area (Å²) in [4.78, 5) is 6.76. The Hall–Kier alpha value is -1.33. The van der Waals surface area contributed by atoms with Gasteiger partial charge in [-0.15, -0.1) is 0 Å². The quantitative estimate of drug-likeness (QED) is 0.622. The molecule has 1 heterocycles. The number of aromatic nitrogens is 1. The number of thiazole rings is 1. The highest BCUT2D eigenvalue weighted by atomic mass is 32.1. The van der Waals surface area contributed by atoms with Crippen molar-refractivity contribution in [3.8, 4) is 0 Å². The van der Waals surface area contributed by atoms with Crippen LogP contribution in [0.2, 0.25) is 0 Å². The maximum Gasteiger partial charge on any atom is 0.186 e. The standard InChI is InChI=1S/C13H19N3OS/c1-16(7-3-2-4-8-17)13-15-11-6-5-10(14)9-12(11)18-13/h5-6,9,17H,2-4,7-8,14H2,1H3. The molecule has 0 amide bonds. The topological polar surface area (TPSA) is 62.4 Å². The monoisotopic (exact) mass is 265 g/mol. The molecule has 0 aliphatic carbocycles. The van der Waals surface area contributed by atoms with Gasteiger partial charge in [-0.1, -0.05) is 11.3 Å². The summed E-state index contributed by atoms with van der Waals surface area (Å²) in [7, 11) is 2.06. The number of nitrogens with two attached hydrogens (primary N) is 1. The van der Waals surface area contributed by atoms with Crippen molar-refractivity contribution in [2.24, 2.45) is 0 Å². The van der Waals surface area contributed by atoms with Crippen molar-refractivity contribution in [2.45, 2.75) is 19.3 Å². The van der Waals surface area contributed by atoms with Crippen LogP contribution in [0.3, 0.4) is 0 Å². The van der Waals surface area contributed by atoms with Crippen molar-refractivity contribution in [3.63, 3.8) is 0 Å². The molecule has 1 aromatic heterocycles. The molecule has 0 spiro atoms. The lowest BCUT2D eigenvalue weighted by Crippen LogP contribution is -2.18. The summed E-state index contributed by atoms with van der Waals surface area (Å²) in [5, 5.41) is 9.76. The summed E-state index contributed by atoms with van der Waals surface area (Å²) in [6.45, 7) is 1.25. The van der Waals surface area contributed by atoms with Gasteiger partial charge in [0.15, 0.2) is 5.13 Å². The van der Waals surface area contributed by atoms with Gasteiger partial charge in [-0.25, -0.2) is 4.98 Å². The van der Waals surface area contributed by atoms with Crippen LogP contribution in [0.25, 0.3) is 10.2 Å². The molecule has 0 saturated heterocycles. The van der Waals surface area contributed by atoms with E-state index in [9.17, 15) is 0 Å². The molecule has 0 unspecified atom stereocenters. The fourth-order valence-electron chi connectivity index (χ4n) is 1.83. The summed E-state index contributed by atoms with van der Waals surface area (Å²) in [5.74, 6) is 0. The predicted molar refractivity (Wildman–Crippen MR) is 78.2 cm³/mol. The molecule has 5 heteroatoms. The zero-order chi connectivity index (χ0) is 13.0. The number of benzene rings is 1. The number of nitrogens with zero attached hydrogens (tertiary/aromatic N) is 2. The lowest BCUT2D eigenvalue weighted by Gasteiger charge is -2.14. The van der Waals surface area contributed by atoms with Gasteiger partial charge in [0.25, 0.3) is 0 Å². The van der Waals surface area contributed by atoms with E-state index in [2.05, 4.69) is 16.9 Å². The Labute approximate surface area is 111 Å². The minimum atomic E-state index is 0.282. The maximum atomic E-state index is 8.73. The van der Waals surface area contributed by atoms with Crippen LogP contribution in [-0.2, 0) is 0 Å². The molecule has 0 atom stereocenters. The Morgan fingerprint density at radius 2 is 2.17 bits per heavy atom. The van der Waals surface area contributed by atoms with Crippen LogP contribution < -0.4 is 10.6 Å². The number of anilines is 2. The molecule has 98 valence electrons. The van der Waals surface area contributed by atoms with Gasteiger partial charge in [0.05, 0.1) is 10.2 Å². The van der Waals surface area contributed by atoms with Gasteiger partial charge in [-0.2, -0.15) is 0 Å². The van der Waals surface area contributed by atoms with Crippen LogP contribution in [0.4, 0.5) is 10.8 Å². The van der Waals surface area contributed by atoms with Gasteiger partial charge in [-0.05, 0) is 37.5 Å². The fraction of sp³-hybridized carbons (Fsp3) is 0.462. The maximum absolute atomic E-state index is 8.73. The number of fused-ring (bicyclic) bond motifs is 1. The van der Waals surface area contributed by atoms with Crippen LogP contribution in [0.1, 0.15) is 19.3 Å². The van der Waals surface area contributed by atoms with E-state index in [1.165, 1.54) is 0 Å². The normalized spacial score (nSPS) is 11.0. The summed E-state index contributed by atoms with van der Waals surface area (Å²) in [6.07, 6.45) is 3.01. The van der Waals surface area contributed by atoms with Gasteiger partial charge < -0.3 is 15.7 Å². The Kier molecular flexibility index (Phi) is 4.38. The average Bonchev–Trinajstić information content (AvgIpc) is 2.77. The first-order chi connectivity index (χ1) is 8.70. The largest absolute Gasteiger partial charge is 0.399 e. The molecule has 0 aliphatic rings. The Morgan fingerprint density at radius 3 is 2.94 bits per heavy atom. The zero-order valence-corrected chi connectivity index (χ0v) is 11.4. The van der Waals surface area contributed by atoms with E-state index in [1.807, 2.05) is 18.2 Å². The summed E-state index contributed by atoms with van der Waals surface area (Å²) < 4.78 is 1.13. The lowest BCUT2D eigenvalue weighted by atomic mass is 10.2. The molecule has 1 aromatic carbocycles. The molecule has 0 fully saturated rings. The van der Waals surface area contributed by atoms with Crippen LogP contribution >= 0.6 is 11.3 Å². The van der Waals surface area contributed by atoms with Crippen molar-refractivity contribution < 1.29 is 5.11 Å². The Morgan fingerprint density at radius 1 is 1.33 bits per heavy atom. The second-order valence-electron chi connectivity index (χ2n) is 4.43. The van der Waals surface area contributed by atoms with Gasteiger partial charge in [-0.3, -0.25) is 0 Å². The number of aliphatic hydroxyl groups excluding tert-OH is 1. The first-order valence-corrected chi connectivity index (χ1v) is 7.00. The summed E-state index contributed by atoms with van der Waals surface area (Å²) in [6, 6.07) is 5.81. The third kappa shape index (κ3) is 3.11. The minimum absolute atomic E-state index is 0.282. The molecule has 18 heavy (non-hydrogen) atoms. The van der Waals surface area contributed by atoms with Gasteiger partial charge in [0, 0.05) is 25.9 Å². The highest BCUT2D eigenvalue weighted by Gasteiger charge is 2.08. The third-order valence-electron chi connectivity index (χ3n) is 2.88.